The van der Waals surface area contributed by atoms with Crippen molar-refractivity contribution in [3.8, 4) is 0 Å². The number of aryl methyl sites for hydroxylation is 1. The van der Waals surface area contributed by atoms with Gasteiger partial charge in [0, 0.05) is 25.0 Å². The Bertz CT molecular complexity index is 608. The average molecular weight is 284 g/mol. The summed E-state index contributed by atoms with van der Waals surface area (Å²) >= 11 is 0. The maximum atomic E-state index is 11.8. The molecule has 2 rings (SSSR count). The van der Waals surface area contributed by atoms with Gasteiger partial charge in [-0.3, -0.25) is 4.79 Å². The van der Waals surface area contributed by atoms with E-state index in [4.69, 9.17) is 0 Å². The van der Waals surface area contributed by atoms with Gasteiger partial charge in [-0.15, -0.1) is 0 Å². The molecule has 5 heteroatoms. The predicted molar refractivity (Wildman–Crippen MR) is 83.1 cm³/mol. The van der Waals surface area contributed by atoms with Crippen molar-refractivity contribution in [1.82, 2.24) is 15.3 Å². The van der Waals surface area contributed by atoms with Gasteiger partial charge in [0.15, 0.2) is 0 Å². The van der Waals surface area contributed by atoms with E-state index < -0.39 is 0 Å². The minimum atomic E-state index is -0.157. The van der Waals surface area contributed by atoms with Crippen LogP contribution >= 0.6 is 0 Å². The second kappa shape index (κ2) is 6.83. The fourth-order valence-corrected chi connectivity index (χ4v) is 1.89. The van der Waals surface area contributed by atoms with Crippen LogP contribution in [-0.2, 0) is 6.54 Å². The molecule has 0 aliphatic carbocycles. The van der Waals surface area contributed by atoms with Crippen molar-refractivity contribution >= 4 is 11.9 Å². The molecule has 110 valence electrons. The predicted octanol–water partition coefficient (Wildman–Crippen LogP) is 2.54. The van der Waals surface area contributed by atoms with Crippen LogP contribution in [0.1, 0.15) is 35.3 Å². The van der Waals surface area contributed by atoms with E-state index in [1.165, 1.54) is 23.5 Å². The van der Waals surface area contributed by atoms with Crippen LogP contribution in [0.4, 0.5) is 5.95 Å². The van der Waals surface area contributed by atoms with Crippen LogP contribution < -0.4 is 10.6 Å². The third kappa shape index (κ3) is 4.56. The van der Waals surface area contributed by atoms with Crippen LogP contribution in [0, 0.1) is 6.92 Å². The highest BCUT2D eigenvalue weighted by Gasteiger charge is 2.08. The molecule has 0 atom stereocenters. The first-order valence-corrected chi connectivity index (χ1v) is 6.97. The van der Waals surface area contributed by atoms with Crippen LogP contribution in [0.15, 0.2) is 36.7 Å². The number of rotatable bonds is 5. The maximum absolute atomic E-state index is 11.8. The summed E-state index contributed by atoms with van der Waals surface area (Å²) in [5.41, 5.74) is 2.85. The zero-order valence-corrected chi connectivity index (χ0v) is 12.6. The molecule has 1 aromatic carbocycles. The van der Waals surface area contributed by atoms with Gasteiger partial charge in [-0.2, -0.15) is 0 Å². The number of nitrogens with zero attached hydrogens (tertiary/aromatic N) is 2. The lowest BCUT2D eigenvalue weighted by atomic mass is 10.1. The lowest BCUT2D eigenvalue weighted by Crippen LogP contribution is -2.30. The first-order valence-electron chi connectivity index (χ1n) is 6.97. The second-order valence-corrected chi connectivity index (χ2v) is 5.27. The fourth-order valence-electron chi connectivity index (χ4n) is 1.89. The van der Waals surface area contributed by atoms with Crippen molar-refractivity contribution < 1.29 is 4.79 Å². The highest BCUT2D eigenvalue weighted by molar-refractivity contribution is 5.93. The van der Waals surface area contributed by atoms with Crippen LogP contribution in [0.3, 0.4) is 0 Å². The molecule has 0 fully saturated rings. The molecule has 5 nitrogen and oxygen atoms in total. The first-order chi connectivity index (χ1) is 10.0. The molecule has 0 radical (unpaired) electrons. The van der Waals surface area contributed by atoms with Gasteiger partial charge in [0.2, 0.25) is 5.95 Å². The van der Waals surface area contributed by atoms with Gasteiger partial charge in [0.05, 0.1) is 5.56 Å². The standard InChI is InChI=1S/C16H20N4O/c1-11(2)20-15(21)14-9-18-16(19-10-14)17-8-13-6-4-5-12(3)7-13/h4-7,9-11H,8H2,1-3H3,(H,20,21)(H,17,18,19). The monoisotopic (exact) mass is 284 g/mol. The molecular weight excluding hydrogens is 264 g/mol. The number of amides is 1. The average Bonchev–Trinajstić information content (AvgIpc) is 2.45. The van der Waals surface area contributed by atoms with E-state index in [9.17, 15) is 4.79 Å². The van der Waals surface area contributed by atoms with Crippen molar-refractivity contribution in [2.24, 2.45) is 0 Å². The minimum absolute atomic E-state index is 0.0941. The molecule has 1 aromatic heterocycles. The van der Waals surface area contributed by atoms with Gasteiger partial charge >= 0.3 is 0 Å². The number of nitrogens with one attached hydrogen (secondary N) is 2. The summed E-state index contributed by atoms with van der Waals surface area (Å²) < 4.78 is 0. The molecule has 21 heavy (non-hydrogen) atoms. The molecule has 0 aliphatic rings. The Hall–Kier alpha value is -2.43. The summed E-state index contributed by atoms with van der Waals surface area (Å²) in [4.78, 5) is 20.1. The summed E-state index contributed by atoms with van der Waals surface area (Å²) in [6.07, 6.45) is 3.06. The zero-order valence-electron chi connectivity index (χ0n) is 12.6. The van der Waals surface area contributed by atoms with Crippen molar-refractivity contribution in [1.29, 1.82) is 0 Å². The van der Waals surface area contributed by atoms with E-state index in [1.54, 1.807) is 0 Å². The SMILES string of the molecule is Cc1cccc(CNc2ncc(C(=O)NC(C)C)cn2)c1. The van der Waals surface area contributed by atoms with Crippen molar-refractivity contribution in [2.45, 2.75) is 33.4 Å². The number of carbonyl (C=O) groups is 1. The van der Waals surface area contributed by atoms with Gasteiger partial charge in [0.25, 0.3) is 5.91 Å². The molecule has 2 N–H and O–H groups in total. The smallest absolute Gasteiger partial charge is 0.254 e. The van der Waals surface area contributed by atoms with E-state index in [0.717, 1.165) is 0 Å². The second-order valence-electron chi connectivity index (χ2n) is 5.27. The molecule has 0 saturated heterocycles. The Labute approximate surface area is 124 Å². The zero-order chi connectivity index (χ0) is 15.2. The topological polar surface area (TPSA) is 66.9 Å². The third-order valence-corrected chi connectivity index (χ3v) is 2.87. The Morgan fingerprint density at radius 3 is 2.57 bits per heavy atom. The molecule has 1 amide bonds. The Kier molecular flexibility index (Phi) is 4.87. The lowest BCUT2D eigenvalue weighted by molar-refractivity contribution is 0.0942. The summed E-state index contributed by atoms with van der Waals surface area (Å²) in [5.74, 6) is 0.354. The Morgan fingerprint density at radius 1 is 1.24 bits per heavy atom. The van der Waals surface area contributed by atoms with Crippen molar-refractivity contribution in [2.75, 3.05) is 5.32 Å². The number of anilines is 1. The first kappa shape index (κ1) is 15.0. The molecular formula is C16H20N4O. The van der Waals surface area contributed by atoms with Gasteiger partial charge < -0.3 is 10.6 Å². The highest BCUT2D eigenvalue weighted by Crippen LogP contribution is 2.07. The Balaban J connectivity index is 1.95. The minimum Gasteiger partial charge on any atom is -0.350 e. The molecule has 0 aliphatic heterocycles. The van der Waals surface area contributed by atoms with Gasteiger partial charge in [-0.05, 0) is 26.3 Å². The van der Waals surface area contributed by atoms with Crippen LogP contribution in [-0.4, -0.2) is 21.9 Å². The maximum Gasteiger partial charge on any atom is 0.254 e. The van der Waals surface area contributed by atoms with Gasteiger partial charge in [-0.1, -0.05) is 29.8 Å². The van der Waals surface area contributed by atoms with Crippen LogP contribution in [0.2, 0.25) is 0 Å². The van der Waals surface area contributed by atoms with E-state index in [0.29, 0.717) is 18.1 Å². The van der Waals surface area contributed by atoms with E-state index in [-0.39, 0.29) is 11.9 Å². The summed E-state index contributed by atoms with van der Waals surface area (Å²) in [7, 11) is 0. The number of hydrogen-bond donors (Lipinski definition) is 2. The molecule has 0 saturated carbocycles. The van der Waals surface area contributed by atoms with Gasteiger partial charge in [0.1, 0.15) is 0 Å². The third-order valence-electron chi connectivity index (χ3n) is 2.87. The highest BCUT2D eigenvalue weighted by atomic mass is 16.1. The van der Waals surface area contributed by atoms with E-state index in [2.05, 4.69) is 39.7 Å². The number of benzene rings is 1. The quantitative estimate of drug-likeness (QED) is 0.885. The number of hydrogen-bond acceptors (Lipinski definition) is 4. The molecule has 2 aromatic rings. The largest absolute Gasteiger partial charge is 0.350 e. The summed E-state index contributed by atoms with van der Waals surface area (Å²) in [6, 6.07) is 8.33. The Morgan fingerprint density at radius 2 is 1.95 bits per heavy atom. The normalized spacial score (nSPS) is 10.5. The van der Waals surface area contributed by atoms with Crippen LogP contribution in [0.25, 0.3) is 0 Å². The molecule has 0 spiro atoms. The van der Waals surface area contributed by atoms with Gasteiger partial charge in [-0.25, -0.2) is 9.97 Å². The summed E-state index contributed by atoms with van der Waals surface area (Å²) in [6.45, 7) is 6.54. The molecule has 0 bridgehead atoms. The summed E-state index contributed by atoms with van der Waals surface area (Å²) in [5, 5.41) is 5.94. The molecule has 0 unspecified atom stereocenters. The molecule has 1 heterocycles. The van der Waals surface area contributed by atoms with Crippen LogP contribution in [0.5, 0.6) is 0 Å². The lowest BCUT2D eigenvalue weighted by Gasteiger charge is -2.09. The van der Waals surface area contributed by atoms with E-state index >= 15 is 0 Å². The number of aromatic nitrogens is 2. The van der Waals surface area contributed by atoms with E-state index in [1.807, 2.05) is 26.0 Å². The fraction of sp³-hybridized carbons (Fsp3) is 0.312. The van der Waals surface area contributed by atoms with Crippen molar-refractivity contribution in [3.05, 3.63) is 53.3 Å². The van der Waals surface area contributed by atoms with Crippen molar-refractivity contribution in [3.63, 3.8) is 0 Å². The number of carbonyl (C=O) groups excluding carboxylic acids is 1.